The van der Waals surface area contributed by atoms with E-state index in [1.165, 1.54) is 53.6 Å². The smallest absolute Gasteiger partial charge is 0.137 e. The Labute approximate surface area is 265 Å². The van der Waals surface area contributed by atoms with Gasteiger partial charge in [0, 0.05) is 68.4 Å². The van der Waals surface area contributed by atoms with E-state index in [-0.39, 0.29) is 0 Å². The van der Waals surface area contributed by atoms with E-state index in [9.17, 15) is 0 Å². The summed E-state index contributed by atoms with van der Waals surface area (Å²) in [6, 6.07) is 45.8. The van der Waals surface area contributed by atoms with Crippen LogP contribution < -0.4 is 4.90 Å². The van der Waals surface area contributed by atoms with Gasteiger partial charge in [-0.05, 0) is 66.7 Å². The number of rotatable bonds is 5. The van der Waals surface area contributed by atoms with Crippen molar-refractivity contribution in [1.29, 1.82) is 0 Å². The van der Waals surface area contributed by atoms with Gasteiger partial charge in [-0.3, -0.25) is 4.57 Å². The number of anilines is 1. The Bertz CT molecular complexity index is 2410. The number of hydrogen-bond donors (Lipinski definition) is 0. The number of aromatic nitrogens is 3. The summed E-state index contributed by atoms with van der Waals surface area (Å²) in [4.78, 5) is 11.7. The van der Waals surface area contributed by atoms with Crippen molar-refractivity contribution < 1.29 is 0 Å². The van der Waals surface area contributed by atoms with Crippen LogP contribution in [0.4, 0.5) is 5.69 Å². The molecule has 0 aliphatic carbocycles. The SMILES string of the molecule is CN1C=CN(c2cccc(Sc3ccc4c5ccc6c(c7ccccc7n6-c6ccccc6)c5n(-c5ccccn5)c4c3)c2)C1. The van der Waals surface area contributed by atoms with Crippen LogP contribution in [0, 0.1) is 0 Å². The van der Waals surface area contributed by atoms with Crippen molar-refractivity contribution in [3.8, 4) is 11.5 Å². The molecule has 1 aliphatic heterocycles. The molecule has 6 heteroatoms. The summed E-state index contributed by atoms with van der Waals surface area (Å²) in [5.74, 6) is 0.913. The van der Waals surface area contributed by atoms with Crippen LogP contribution in [0.5, 0.6) is 0 Å². The molecule has 0 spiro atoms. The molecule has 216 valence electrons. The van der Waals surface area contributed by atoms with E-state index in [1.54, 1.807) is 11.8 Å². The molecule has 0 atom stereocenters. The molecular formula is C39H29N5S. The van der Waals surface area contributed by atoms with Crippen molar-refractivity contribution in [2.24, 2.45) is 0 Å². The molecule has 5 aromatic carbocycles. The van der Waals surface area contributed by atoms with E-state index in [1.807, 2.05) is 12.3 Å². The summed E-state index contributed by atoms with van der Waals surface area (Å²) < 4.78 is 4.74. The van der Waals surface area contributed by atoms with Gasteiger partial charge in [-0.1, -0.05) is 72.4 Å². The zero-order chi connectivity index (χ0) is 29.9. The summed E-state index contributed by atoms with van der Waals surface area (Å²) in [5.41, 5.74) is 7.06. The van der Waals surface area contributed by atoms with Crippen LogP contribution in [-0.4, -0.2) is 32.7 Å². The molecule has 8 aromatic rings. The topological polar surface area (TPSA) is 29.2 Å². The number of fused-ring (bicyclic) bond motifs is 7. The van der Waals surface area contributed by atoms with Gasteiger partial charge in [-0.25, -0.2) is 4.98 Å². The summed E-state index contributed by atoms with van der Waals surface area (Å²) in [6.45, 7) is 0.861. The first-order chi connectivity index (χ1) is 22.2. The lowest BCUT2D eigenvalue weighted by Crippen LogP contribution is -2.21. The van der Waals surface area contributed by atoms with E-state index in [0.717, 1.165) is 23.7 Å². The fraction of sp³-hybridized carbons (Fsp3) is 0.0513. The van der Waals surface area contributed by atoms with Crippen LogP contribution in [-0.2, 0) is 0 Å². The molecule has 4 heterocycles. The molecule has 0 N–H and O–H groups in total. The standard InChI is InChI=1S/C39H29N5S/c1-41-22-23-42(26-41)28-12-9-13-29(24-28)45-30-17-18-31-32-19-20-35-38(39(32)44(36(31)25-30)37-16-7-8-21-40-37)33-14-5-6-15-34(33)43(35)27-10-3-2-4-11-27/h2-25H,26H2,1H3. The molecular weight excluding hydrogens is 571 g/mol. The minimum atomic E-state index is 0.861. The van der Waals surface area contributed by atoms with Crippen LogP contribution in [0.3, 0.4) is 0 Å². The molecule has 0 unspecified atom stereocenters. The number of pyridine rings is 1. The third kappa shape index (κ3) is 4.21. The lowest BCUT2D eigenvalue weighted by atomic mass is 10.1. The summed E-state index contributed by atoms with van der Waals surface area (Å²) in [5, 5.41) is 4.91. The van der Waals surface area contributed by atoms with Crippen molar-refractivity contribution >= 4 is 61.1 Å². The lowest BCUT2D eigenvalue weighted by molar-refractivity contribution is 0.495. The predicted octanol–water partition coefficient (Wildman–Crippen LogP) is 9.61. The molecule has 9 rings (SSSR count). The quantitative estimate of drug-likeness (QED) is 0.197. The lowest BCUT2D eigenvalue weighted by Gasteiger charge is -2.18. The highest BCUT2D eigenvalue weighted by atomic mass is 32.2. The monoisotopic (exact) mass is 599 g/mol. The van der Waals surface area contributed by atoms with Gasteiger partial charge in [0.1, 0.15) is 5.82 Å². The van der Waals surface area contributed by atoms with Crippen molar-refractivity contribution in [1.82, 2.24) is 19.0 Å². The Hall–Kier alpha value is -5.46. The average molecular weight is 600 g/mol. The Morgan fingerprint density at radius 2 is 1.38 bits per heavy atom. The first-order valence-corrected chi connectivity index (χ1v) is 15.9. The van der Waals surface area contributed by atoms with Gasteiger partial charge >= 0.3 is 0 Å². The predicted molar refractivity (Wildman–Crippen MR) is 188 cm³/mol. The van der Waals surface area contributed by atoms with Crippen molar-refractivity contribution in [2.75, 3.05) is 18.6 Å². The molecule has 45 heavy (non-hydrogen) atoms. The van der Waals surface area contributed by atoms with Crippen LogP contribution in [0.25, 0.3) is 55.1 Å². The van der Waals surface area contributed by atoms with E-state index in [4.69, 9.17) is 4.98 Å². The highest BCUT2D eigenvalue weighted by Crippen LogP contribution is 2.43. The van der Waals surface area contributed by atoms with Gasteiger partial charge in [-0.2, -0.15) is 0 Å². The number of hydrogen-bond acceptors (Lipinski definition) is 4. The third-order valence-corrected chi connectivity index (χ3v) is 9.67. The second-order valence-corrected chi connectivity index (χ2v) is 12.7. The van der Waals surface area contributed by atoms with Gasteiger partial charge in [0.25, 0.3) is 0 Å². The molecule has 0 fully saturated rings. The molecule has 5 nitrogen and oxygen atoms in total. The molecule has 0 saturated carbocycles. The minimum Gasteiger partial charge on any atom is -0.361 e. The average Bonchev–Trinajstić information content (AvgIpc) is 3.77. The maximum Gasteiger partial charge on any atom is 0.137 e. The minimum absolute atomic E-state index is 0.861. The Kier molecular flexibility index (Phi) is 5.96. The molecule has 0 amide bonds. The fourth-order valence-corrected chi connectivity index (χ4v) is 7.64. The maximum absolute atomic E-state index is 4.88. The second kappa shape index (κ2) is 10.3. The molecule has 0 radical (unpaired) electrons. The fourth-order valence-electron chi connectivity index (χ4n) is 6.74. The van der Waals surface area contributed by atoms with Gasteiger partial charge in [0.2, 0.25) is 0 Å². The van der Waals surface area contributed by atoms with E-state index >= 15 is 0 Å². The van der Waals surface area contributed by atoms with Crippen molar-refractivity contribution in [2.45, 2.75) is 9.79 Å². The zero-order valence-corrected chi connectivity index (χ0v) is 25.5. The Balaban J connectivity index is 1.29. The zero-order valence-electron chi connectivity index (χ0n) is 24.7. The maximum atomic E-state index is 4.88. The molecule has 3 aromatic heterocycles. The molecule has 0 saturated heterocycles. The van der Waals surface area contributed by atoms with Crippen LogP contribution in [0.1, 0.15) is 0 Å². The van der Waals surface area contributed by atoms with Crippen LogP contribution >= 0.6 is 11.8 Å². The number of benzene rings is 5. The largest absolute Gasteiger partial charge is 0.361 e. The second-order valence-electron chi connectivity index (χ2n) is 11.5. The van der Waals surface area contributed by atoms with Crippen molar-refractivity contribution in [3.63, 3.8) is 0 Å². The third-order valence-electron chi connectivity index (χ3n) is 8.69. The number of para-hydroxylation sites is 2. The normalized spacial score (nSPS) is 13.3. The van der Waals surface area contributed by atoms with Gasteiger partial charge in [0.15, 0.2) is 0 Å². The molecule has 0 bridgehead atoms. The summed E-state index contributed by atoms with van der Waals surface area (Å²) >= 11 is 1.80. The Morgan fingerprint density at radius 1 is 0.578 bits per heavy atom. The van der Waals surface area contributed by atoms with Crippen LogP contribution in [0.2, 0.25) is 0 Å². The first-order valence-electron chi connectivity index (χ1n) is 15.1. The highest BCUT2D eigenvalue weighted by Gasteiger charge is 2.21. The number of nitrogens with zero attached hydrogens (tertiary/aromatic N) is 5. The van der Waals surface area contributed by atoms with Gasteiger partial charge in [-0.15, -0.1) is 0 Å². The van der Waals surface area contributed by atoms with Gasteiger partial charge < -0.3 is 14.4 Å². The van der Waals surface area contributed by atoms with Crippen LogP contribution in [0.15, 0.2) is 156 Å². The van der Waals surface area contributed by atoms with E-state index < -0.39 is 0 Å². The van der Waals surface area contributed by atoms with Gasteiger partial charge in [0.05, 0.1) is 28.7 Å². The van der Waals surface area contributed by atoms with E-state index in [0.29, 0.717) is 0 Å². The van der Waals surface area contributed by atoms with Crippen molar-refractivity contribution in [3.05, 3.63) is 146 Å². The first kappa shape index (κ1) is 26.0. The molecule has 1 aliphatic rings. The Morgan fingerprint density at radius 3 is 2.22 bits per heavy atom. The summed E-state index contributed by atoms with van der Waals surface area (Å²) in [6.07, 6.45) is 6.13. The highest BCUT2D eigenvalue weighted by molar-refractivity contribution is 7.99. The summed E-state index contributed by atoms with van der Waals surface area (Å²) in [7, 11) is 2.10. The van der Waals surface area contributed by atoms with E-state index in [2.05, 4.69) is 160 Å².